The fourth-order valence-electron chi connectivity index (χ4n) is 4.72. The fourth-order valence-corrected chi connectivity index (χ4v) is 4.72. The van der Waals surface area contributed by atoms with Gasteiger partial charge < -0.3 is 10.2 Å². The van der Waals surface area contributed by atoms with Gasteiger partial charge in [-0.25, -0.2) is 0 Å². The van der Waals surface area contributed by atoms with E-state index < -0.39 is 0 Å². The van der Waals surface area contributed by atoms with Crippen molar-refractivity contribution in [2.75, 3.05) is 13.1 Å². The number of amides is 2. The summed E-state index contributed by atoms with van der Waals surface area (Å²) in [5, 5.41) is 10.3. The van der Waals surface area contributed by atoms with Crippen LogP contribution in [0, 0.1) is 5.92 Å². The van der Waals surface area contributed by atoms with Gasteiger partial charge in [0.05, 0.1) is 12.1 Å². The monoisotopic (exact) mass is 344 g/mol. The summed E-state index contributed by atoms with van der Waals surface area (Å²) in [5.74, 6) is 0.534. The molecule has 2 heterocycles. The zero-order chi connectivity index (χ0) is 17.2. The zero-order valence-corrected chi connectivity index (χ0v) is 14.8. The normalized spacial score (nSPS) is 27.1. The Kier molecular flexibility index (Phi) is 4.77. The van der Waals surface area contributed by atoms with Crippen LogP contribution in [0.1, 0.15) is 68.5 Å². The lowest BCUT2D eigenvalue weighted by molar-refractivity contribution is -0.135. The van der Waals surface area contributed by atoms with Crippen LogP contribution in [-0.4, -0.2) is 46.0 Å². The summed E-state index contributed by atoms with van der Waals surface area (Å²) in [7, 11) is 0. The molecule has 0 spiro atoms. The molecule has 136 valence electrons. The van der Waals surface area contributed by atoms with E-state index in [4.69, 9.17) is 0 Å². The first-order chi connectivity index (χ1) is 12.2. The average Bonchev–Trinajstić information content (AvgIpc) is 3.30. The molecule has 2 aliphatic carbocycles. The summed E-state index contributed by atoms with van der Waals surface area (Å²) >= 11 is 0. The first-order valence-corrected chi connectivity index (χ1v) is 9.83. The number of fused-ring (bicyclic) bond motifs is 1. The van der Waals surface area contributed by atoms with Crippen LogP contribution in [0.4, 0.5) is 0 Å². The van der Waals surface area contributed by atoms with E-state index in [0.717, 1.165) is 56.3 Å². The molecule has 2 fully saturated rings. The molecule has 0 radical (unpaired) electrons. The lowest BCUT2D eigenvalue weighted by atomic mass is 9.86. The van der Waals surface area contributed by atoms with E-state index in [0.29, 0.717) is 12.5 Å². The molecule has 2 N–H and O–H groups in total. The van der Waals surface area contributed by atoms with Gasteiger partial charge in [0.25, 0.3) is 0 Å². The summed E-state index contributed by atoms with van der Waals surface area (Å²) < 4.78 is 0. The minimum Gasteiger partial charge on any atom is -0.351 e. The molecule has 3 aliphatic rings. The smallest absolute Gasteiger partial charge is 0.227 e. The molecule has 6 nitrogen and oxygen atoms in total. The number of hydrogen-bond acceptors (Lipinski definition) is 3. The molecule has 4 rings (SSSR count). The van der Waals surface area contributed by atoms with E-state index in [1.807, 2.05) is 4.90 Å². The number of H-pyrrole nitrogens is 1. The molecule has 2 amide bonds. The van der Waals surface area contributed by atoms with Crippen LogP contribution in [0.5, 0.6) is 0 Å². The molecule has 1 saturated carbocycles. The Morgan fingerprint density at radius 2 is 1.96 bits per heavy atom. The third-order valence-corrected chi connectivity index (χ3v) is 6.16. The van der Waals surface area contributed by atoms with Crippen molar-refractivity contribution >= 4 is 11.8 Å². The number of aryl methyl sites for hydroxylation is 1. The maximum Gasteiger partial charge on any atom is 0.227 e. The van der Waals surface area contributed by atoms with Crippen molar-refractivity contribution in [3.05, 3.63) is 17.5 Å². The van der Waals surface area contributed by atoms with Gasteiger partial charge in [0.2, 0.25) is 11.8 Å². The summed E-state index contributed by atoms with van der Waals surface area (Å²) in [6, 6.07) is 0.0947. The van der Waals surface area contributed by atoms with E-state index in [9.17, 15) is 9.59 Å². The van der Waals surface area contributed by atoms with Crippen molar-refractivity contribution in [3.8, 4) is 0 Å². The van der Waals surface area contributed by atoms with Crippen LogP contribution < -0.4 is 5.32 Å². The first-order valence-electron chi connectivity index (χ1n) is 9.83. The third-order valence-electron chi connectivity index (χ3n) is 6.16. The highest BCUT2D eigenvalue weighted by Crippen LogP contribution is 2.31. The topological polar surface area (TPSA) is 78.1 Å². The predicted octanol–water partition coefficient (Wildman–Crippen LogP) is 2.13. The lowest BCUT2D eigenvalue weighted by Gasteiger charge is -2.27. The van der Waals surface area contributed by atoms with Crippen molar-refractivity contribution in [3.63, 3.8) is 0 Å². The number of nitrogens with zero attached hydrogens (tertiary/aromatic N) is 2. The highest BCUT2D eigenvalue weighted by Gasteiger charge is 2.34. The minimum atomic E-state index is -0.0920. The van der Waals surface area contributed by atoms with Crippen molar-refractivity contribution in [1.82, 2.24) is 20.4 Å². The highest BCUT2D eigenvalue weighted by molar-refractivity contribution is 5.84. The Morgan fingerprint density at radius 1 is 1.12 bits per heavy atom. The number of rotatable bonds is 3. The second kappa shape index (κ2) is 7.18. The van der Waals surface area contributed by atoms with E-state index in [1.165, 1.54) is 19.3 Å². The first kappa shape index (κ1) is 16.6. The molecule has 1 aromatic rings. The number of aromatic amines is 1. The van der Waals surface area contributed by atoms with Gasteiger partial charge >= 0.3 is 0 Å². The van der Waals surface area contributed by atoms with Crippen LogP contribution in [-0.2, 0) is 16.0 Å². The molecule has 2 atom stereocenters. The third kappa shape index (κ3) is 3.44. The van der Waals surface area contributed by atoms with Gasteiger partial charge in [-0.15, -0.1) is 0 Å². The maximum atomic E-state index is 12.7. The van der Waals surface area contributed by atoms with Gasteiger partial charge in [0.1, 0.15) is 0 Å². The van der Waals surface area contributed by atoms with Crippen molar-refractivity contribution in [2.45, 2.75) is 69.7 Å². The molecule has 1 saturated heterocycles. The summed E-state index contributed by atoms with van der Waals surface area (Å²) in [5.41, 5.74) is 2.16. The Morgan fingerprint density at radius 3 is 2.80 bits per heavy atom. The minimum absolute atomic E-state index is 0.0920. The highest BCUT2D eigenvalue weighted by atomic mass is 16.2. The Balaban J connectivity index is 1.32. The van der Waals surface area contributed by atoms with E-state index in [2.05, 4.69) is 15.5 Å². The van der Waals surface area contributed by atoms with Crippen LogP contribution in [0.15, 0.2) is 6.20 Å². The number of carbonyl (C=O) groups is 2. The number of carbonyl (C=O) groups excluding carboxylic acids is 2. The molecular weight excluding hydrogens is 316 g/mol. The van der Waals surface area contributed by atoms with E-state index >= 15 is 0 Å². The van der Waals surface area contributed by atoms with Gasteiger partial charge in [-0.3, -0.25) is 14.7 Å². The van der Waals surface area contributed by atoms with Gasteiger partial charge in [-0.2, -0.15) is 5.10 Å². The van der Waals surface area contributed by atoms with Gasteiger partial charge in [0.15, 0.2) is 0 Å². The molecule has 0 bridgehead atoms. The summed E-state index contributed by atoms with van der Waals surface area (Å²) in [6.45, 7) is 1.45. The second-order valence-corrected chi connectivity index (χ2v) is 7.86. The summed E-state index contributed by atoms with van der Waals surface area (Å²) in [4.78, 5) is 27.4. The molecule has 6 heteroatoms. The predicted molar refractivity (Wildman–Crippen MR) is 94.0 cm³/mol. The quantitative estimate of drug-likeness (QED) is 0.882. The van der Waals surface area contributed by atoms with Crippen molar-refractivity contribution in [1.29, 1.82) is 0 Å². The molecule has 1 aromatic heterocycles. The molecular formula is C19H28N4O2. The molecule has 25 heavy (non-hydrogen) atoms. The Labute approximate surface area is 148 Å². The number of hydrogen-bond donors (Lipinski definition) is 2. The number of aromatic nitrogens is 2. The van der Waals surface area contributed by atoms with Gasteiger partial charge in [-0.05, 0) is 38.5 Å². The second-order valence-electron chi connectivity index (χ2n) is 7.86. The SMILES string of the molecule is O=C(N[C@@H]1CCN(C(=O)C2CCCCC2)C1)[C@H]1CCCc2[nH]ncc21. The molecule has 0 unspecified atom stereocenters. The number of nitrogens with one attached hydrogen (secondary N) is 2. The average molecular weight is 344 g/mol. The van der Waals surface area contributed by atoms with Crippen molar-refractivity contribution < 1.29 is 9.59 Å². The molecule has 1 aliphatic heterocycles. The van der Waals surface area contributed by atoms with Crippen LogP contribution >= 0.6 is 0 Å². The van der Waals surface area contributed by atoms with Gasteiger partial charge in [-0.1, -0.05) is 19.3 Å². The maximum absolute atomic E-state index is 12.7. The zero-order valence-electron chi connectivity index (χ0n) is 14.8. The fraction of sp³-hybridized carbons (Fsp3) is 0.737. The Bertz CT molecular complexity index is 635. The summed E-state index contributed by atoms with van der Waals surface area (Å²) in [6.07, 6.45) is 11.3. The van der Waals surface area contributed by atoms with Crippen LogP contribution in [0.2, 0.25) is 0 Å². The van der Waals surface area contributed by atoms with Crippen LogP contribution in [0.25, 0.3) is 0 Å². The standard InChI is InChI=1S/C19H28N4O2/c24-18(15-7-4-8-17-16(15)11-20-22-17)21-14-9-10-23(12-14)19(25)13-5-2-1-3-6-13/h11,13-15H,1-10,12H2,(H,20,22)(H,21,24)/t14-,15+/m1/s1. The number of likely N-dealkylation sites (tertiary alicyclic amines) is 1. The Hall–Kier alpha value is -1.85. The van der Waals surface area contributed by atoms with Crippen LogP contribution in [0.3, 0.4) is 0 Å². The van der Waals surface area contributed by atoms with E-state index in [1.54, 1.807) is 6.20 Å². The largest absolute Gasteiger partial charge is 0.351 e. The lowest BCUT2D eigenvalue weighted by Crippen LogP contribution is -2.42. The van der Waals surface area contributed by atoms with E-state index in [-0.39, 0.29) is 23.8 Å². The molecule has 0 aromatic carbocycles. The van der Waals surface area contributed by atoms with Crippen molar-refractivity contribution in [2.24, 2.45) is 5.92 Å². The van der Waals surface area contributed by atoms with Gasteiger partial charge in [0, 0.05) is 36.3 Å².